The summed E-state index contributed by atoms with van der Waals surface area (Å²) in [4.78, 5) is 11.7. The molecule has 1 aliphatic heterocycles. The number of benzene rings is 2. The monoisotopic (exact) mass is 511 g/mol. The molecular weight excluding hydrogens is 466 g/mol. The SMILES string of the molecule is CC(C)(C)O.Cc1ccc(-c2c(C)c3c(c(C)c2CC(=O)O)CCN(SC2CCCCCC2)C3)cc1. The van der Waals surface area contributed by atoms with Crippen molar-refractivity contribution in [1.82, 2.24) is 4.31 Å². The fraction of sp³-hybridized carbons (Fsp3) is 0.581. The van der Waals surface area contributed by atoms with E-state index in [-0.39, 0.29) is 6.42 Å². The summed E-state index contributed by atoms with van der Waals surface area (Å²) in [6.45, 7) is 13.7. The Labute approximate surface area is 222 Å². The van der Waals surface area contributed by atoms with E-state index in [1.165, 1.54) is 66.3 Å². The van der Waals surface area contributed by atoms with Crippen LogP contribution in [0, 0.1) is 20.8 Å². The first-order valence-corrected chi connectivity index (χ1v) is 14.3. The fourth-order valence-corrected chi connectivity index (χ4v) is 6.74. The van der Waals surface area contributed by atoms with Crippen LogP contribution < -0.4 is 0 Å². The average Bonchev–Trinajstić information content (AvgIpc) is 3.06. The highest BCUT2D eigenvalue weighted by molar-refractivity contribution is 7.97. The van der Waals surface area contributed by atoms with Crippen molar-refractivity contribution < 1.29 is 15.0 Å². The van der Waals surface area contributed by atoms with Gasteiger partial charge in [0.15, 0.2) is 0 Å². The first kappa shape index (κ1) is 28.7. The predicted molar refractivity (Wildman–Crippen MR) is 153 cm³/mol. The lowest BCUT2D eigenvalue weighted by Gasteiger charge is -2.34. The Kier molecular flexibility index (Phi) is 10.1. The van der Waals surface area contributed by atoms with E-state index in [0.717, 1.165) is 41.5 Å². The van der Waals surface area contributed by atoms with Crippen molar-refractivity contribution in [2.75, 3.05) is 6.54 Å². The molecule has 0 saturated heterocycles. The topological polar surface area (TPSA) is 60.8 Å². The molecule has 4 nitrogen and oxygen atoms in total. The summed E-state index contributed by atoms with van der Waals surface area (Å²) in [5.74, 6) is -0.753. The number of aryl methyl sites for hydroxylation is 1. The van der Waals surface area contributed by atoms with Gasteiger partial charge in [-0.25, -0.2) is 4.31 Å². The largest absolute Gasteiger partial charge is 0.481 e. The lowest BCUT2D eigenvalue weighted by molar-refractivity contribution is -0.136. The molecule has 2 aliphatic rings. The Morgan fingerprint density at radius 2 is 1.56 bits per heavy atom. The molecule has 5 heteroatoms. The van der Waals surface area contributed by atoms with Crippen LogP contribution in [0.25, 0.3) is 11.1 Å². The quantitative estimate of drug-likeness (QED) is 0.323. The molecule has 1 aliphatic carbocycles. The molecule has 4 rings (SSSR count). The maximum absolute atomic E-state index is 11.7. The second-order valence-corrected chi connectivity index (χ2v) is 12.9. The number of nitrogens with zero attached hydrogens (tertiary/aromatic N) is 1. The highest BCUT2D eigenvalue weighted by Gasteiger charge is 2.27. The Bertz CT molecular complexity index is 1030. The van der Waals surface area contributed by atoms with Crippen molar-refractivity contribution in [3.63, 3.8) is 0 Å². The third kappa shape index (κ3) is 8.09. The van der Waals surface area contributed by atoms with Gasteiger partial charge in [-0.2, -0.15) is 0 Å². The number of hydrogen-bond donors (Lipinski definition) is 2. The highest BCUT2D eigenvalue weighted by Crippen LogP contribution is 2.40. The molecule has 0 unspecified atom stereocenters. The zero-order valence-electron chi connectivity index (χ0n) is 23.1. The van der Waals surface area contributed by atoms with E-state index in [1.54, 1.807) is 20.8 Å². The fourth-order valence-electron chi connectivity index (χ4n) is 5.38. The first-order valence-electron chi connectivity index (χ1n) is 13.5. The molecule has 1 heterocycles. The molecule has 2 aromatic carbocycles. The molecule has 0 amide bonds. The van der Waals surface area contributed by atoms with E-state index in [0.29, 0.717) is 0 Å². The van der Waals surface area contributed by atoms with Crippen molar-refractivity contribution >= 4 is 17.9 Å². The summed E-state index contributed by atoms with van der Waals surface area (Å²) in [6, 6.07) is 8.55. The van der Waals surface area contributed by atoms with E-state index in [9.17, 15) is 9.90 Å². The summed E-state index contributed by atoms with van der Waals surface area (Å²) in [6.07, 6.45) is 9.32. The first-order chi connectivity index (χ1) is 16.9. The summed E-state index contributed by atoms with van der Waals surface area (Å²) < 4.78 is 2.58. The minimum absolute atomic E-state index is 0.0870. The van der Waals surface area contributed by atoms with Crippen LogP contribution in [0.4, 0.5) is 0 Å². The van der Waals surface area contributed by atoms with Gasteiger partial charge in [-0.05, 0) is 99.7 Å². The smallest absolute Gasteiger partial charge is 0.307 e. The van der Waals surface area contributed by atoms with Crippen LogP contribution in [0.5, 0.6) is 0 Å². The van der Waals surface area contributed by atoms with Crippen LogP contribution in [-0.2, 0) is 24.2 Å². The number of fused-ring (bicyclic) bond motifs is 1. The maximum atomic E-state index is 11.7. The summed E-state index contributed by atoms with van der Waals surface area (Å²) >= 11 is 2.09. The minimum Gasteiger partial charge on any atom is -0.481 e. The van der Waals surface area contributed by atoms with Crippen molar-refractivity contribution in [1.29, 1.82) is 0 Å². The van der Waals surface area contributed by atoms with E-state index in [1.807, 2.05) is 0 Å². The Hall–Kier alpha value is -1.82. The number of carbonyl (C=O) groups is 1. The van der Waals surface area contributed by atoms with E-state index >= 15 is 0 Å². The van der Waals surface area contributed by atoms with Crippen LogP contribution in [0.1, 0.15) is 92.7 Å². The standard InChI is InChI=1S/C27H35NO2S.C4H10O/c1-18-10-12-21(13-11-18)27-20(3)25-17-28(31-22-8-6-4-5-7-9-22)15-14-23(25)19(2)24(27)16-26(29)30;1-4(2,3)5/h10-13,22H,4-9,14-17H2,1-3H3,(H,29,30);5H,1-3H3. The second-order valence-electron chi connectivity index (χ2n) is 11.5. The molecule has 0 spiro atoms. The number of carboxylic acid groups (broad SMARTS) is 1. The molecule has 0 radical (unpaired) electrons. The van der Waals surface area contributed by atoms with Gasteiger partial charge in [0.25, 0.3) is 0 Å². The second kappa shape index (κ2) is 12.6. The zero-order chi connectivity index (χ0) is 26.5. The number of rotatable bonds is 5. The minimum atomic E-state index is -0.753. The van der Waals surface area contributed by atoms with Gasteiger partial charge in [0, 0.05) is 18.3 Å². The van der Waals surface area contributed by atoms with Gasteiger partial charge in [0.05, 0.1) is 12.0 Å². The lowest BCUT2D eigenvalue weighted by Crippen LogP contribution is -2.29. The normalized spacial score (nSPS) is 17.1. The van der Waals surface area contributed by atoms with Crippen molar-refractivity contribution in [3.05, 3.63) is 57.6 Å². The third-order valence-electron chi connectivity index (χ3n) is 7.11. The van der Waals surface area contributed by atoms with Crippen LogP contribution in [0.2, 0.25) is 0 Å². The molecule has 0 bridgehead atoms. The third-order valence-corrected chi connectivity index (χ3v) is 8.49. The number of aliphatic carboxylic acids is 1. The van der Waals surface area contributed by atoms with Crippen LogP contribution in [0.15, 0.2) is 24.3 Å². The Morgan fingerprint density at radius 1 is 0.972 bits per heavy atom. The molecule has 2 aromatic rings. The summed E-state index contributed by atoms with van der Waals surface area (Å²) in [5.41, 5.74) is 9.28. The maximum Gasteiger partial charge on any atom is 0.307 e. The van der Waals surface area contributed by atoms with Gasteiger partial charge in [0.1, 0.15) is 0 Å². The molecule has 2 N–H and O–H groups in total. The number of hydrogen-bond acceptors (Lipinski definition) is 4. The van der Waals surface area contributed by atoms with Crippen molar-refractivity contribution in [3.8, 4) is 11.1 Å². The van der Waals surface area contributed by atoms with E-state index in [4.69, 9.17) is 5.11 Å². The Balaban J connectivity index is 0.000000658. The molecule has 198 valence electrons. The van der Waals surface area contributed by atoms with Gasteiger partial charge < -0.3 is 10.2 Å². The van der Waals surface area contributed by atoms with Gasteiger partial charge in [0.2, 0.25) is 0 Å². The van der Waals surface area contributed by atoms with Crippen LogP contribution in [0.3, 0.4) is 0 Å². The Morgan fingerprint density at radius 3 is 2.11 bits per heavy atom. The van der Waals surface area contributed by atoms with Crippen LogP contribution >= 0.6 is 11.9 Å². The van der Waals surface area contributed by atoms with Gasteiger partial charge in [-0.15, -0.1) is 0 Å². The predicted octanol–water partition coefficient (Wildman–Crippen LogP) is 7.41. The zero-order valence-corrected chi connectivity index (χ0v) is 23.9. The van der Waals surface area contributed by atoms with Crippen molar-refractivity contribution in [2.24, 2.45) is 0 Å². The number of aliphatic hydroxyl groups is 1. The van der Waals surface area contributed by atoms with E-state index < -0.39 is 11.6 Å². The average molecular weight is 512 g/mol. The summed E-state index contributed by atoms with van der Waals surface area (Å²) in [5, 5.41) is 18.9. The summed E-state index contributed by atoms with van der Waals surface area (Å²) in [7, 11) is 0. The van der Waals surface area contributed by atoms with Gasteiger partial charge >= 0.3 is 5.97 Å². The van der Waals surface area contributed by atoms with Gasteiger partial charge in [-0.1, -0.05) is 67.5 Å². The van der Waals surface area contributed by atoms with E-state index in [2.05, 4.69) is 61.3 Å². The number of carboxylic acids is 1. The molecule has 0 atom stereocenters. The van der Waals surface area contributed by atoms with Crippen LogP contribution in [-0.4, -0.2) is 37.9 Å². The molecule has 36 heavy (non-hydrogen) atoms. The molecule has 1 fully saturated rings. The molecule has 1 saturated carbocycles. The molecular formula is C31H45NO3S. The highest BCUT2D eigenvalue weighted by atomic mass is 32.2. The van der Waals surface area contributed by atoms with Crippen molar-refractivity contribution in [2.45, 2.75) is 110 Å². The lowest BCUT2D eigenvalue weighted by atomic mass is 9.81. The van der Waals surface area contributed by atoms with Gasteiger partial charge in [-0.3, -0.25) is 4.79 Å². The molecule has 0 aromatic heterocycles.